The van der Waals surface area contributed by atoms with E-state index in [1.807, 2.05) is 36.2 Å². The summed E-state index contributed by atoms with van der Waals surface area (Å²) < 4.78 is 24.5. The first-order chi connectivity index (χ1) is 12.1. The summed E-state index contributed by atoms with van der Waals surface area (Å²) >= 11 is 6.06. The van der Waals surface area contributed by atoms with E-state index in [0.29, 0.717) is 41.1 Å². The number of halogens is 2. The molecule has 0 radical (unpaired) electrons. The van der Waals surface area contributed by atoms with Crippen LogP contribution in [0.5, 0.6) is 5.75 Å². The minimum Gasteiger partial charge on any atom is -0.496 e. The average molecular weight is 362 g/mol. The van der Waals surface area contributed by atoms with Crippen LogP contribution < -0.4 is 4.74 Å². The fourth-order valence-corrected chi connectivity index (χ4v) is 2.72. The van der Waals surface area contributed by atoms with Gasteiger partial charge in [-0.1, -0.05) is 35.0 Å². The summed E-state index contributed by atoms with van der Waals surface area (Å²) in [7, 11) is 3.42. The first-order valence-electron chi connectivity index (χ1n) is 7.66. The molecular weight excluding hydrogens is 345 g/mol. The third-order valence-electron chi connectivity index (χ3n) is 3.71. The van der Waals surface area contributed by atoms with Gasteiger partial charge >= 0.3 is 0 Å². The van der Waals surface area contributed by atoms with E-state index in [2.05, 4.69) is 10.1 Å². The van der Waals surface area contributed by atoms with E-state index in [9.17, 15) is 4.39 Å². The first-order valence-corrected chi connectivity index (χ1v) is 8.03. The summed E-state index contributed by atoms with van der Waals surface area (Å²) in [4.78, 5) is 6.24. The number of para-hydroxylation sites is 1. The molecule has 0 saturated heterocycles. The summed E-state index contributed by atoms with van der Waals surface area (Å²) in [5.41, 5.74) is 1.19. The van der Waals surface area contributed by atoms with Crippen LogP contribution in [-0.2, 0) is 13.1 Å². The molecule has 0 aliphatic carbocycles. The highest BCUT2D eigenvalue weighted by atomic mass is 35.5. The van der Waals surface area contributed by atoms with Crippen molar-refractivity contribution in [3.63, 3.8) is 0 Å². The maximum atomic E-state index is 13.9. The maximum absolute atomic E-state index is 13.9. The van der Waals surface area contributed by atoms with Gasteiger partial charge in [-0.3, -0.25) is 4.90 Å². The van der Waals surface area contributed by atoms with Crippen molar-refractivity contribution in [2.75, 3.05) is 14.2 Å². The Morgan fingerprint density at radius 2 is 1.96 bits per heavy atom. The van der Waals surface area contributed by atoms with Crippen LogP contribution in [0, 0.1) is 5.82 Å². The van der Waals surface area contributed by atoms with Crippen LogP contribution in [-0.4, -0.2) is 29.2 Å². The molecule has 0 aliphatic heterocycles. The van der Waals surface area contributed by atoms with Gasteiger partial charge in [0.1, 0.15) is 11.6 Å². The number of nitrogens with zero attached hydrogens (tertiary/aromatic N) is 3. The van der Waals surface area contributed by atoms with E-state index in [1.165, 1.54) is 6.07 Å². The third kappa shape index (κ3) is 3.97. The predicted molar refractivity (Wildman–Crippen MR) is 92.9 cm³/mol. The molecule has 0 saturated carbocycles. The topological polar surface area (TPSA) is 51.4 Å². The lowest BCUT2D eigenvalue weighted by Gasteiger charge is -2.15. The molecular formula is C18H17ClFN3O2. The first kappa shape index (κ1) is 17.4. The molecule has 3 aromatic rings. The number of rotatable bonds is 6. The number of hydrogen-bond donors (Lipinski definition) is 0. The standard InChI is InChI=1S/C18H17ClFN3O2/c1-23(10-13-14(19)7-5-8-15(13)20)11-17-21-18(22-25-17)12-6-3-4-9-16(12)24-2/h3-9H,10-11H2,1-2H3. The van der Waals surface area contributed by atoms with E-state index in [0.717, 1.165) is 5.56 Å². The van der Waals surface area contributed by atoms with Gasteiger partial charge in [0, 0.05) is 17.1 Å². The van der Waals surface area contributed by atoms with Crippen LogP contribution in [0.4, 0.5) is 4.39 Å². The molecule has 0 aliphatic rings. The van der Waals surface area contributed by atoms with Gasteiger partial charge in [0.25, 0.3) is 0 Å². The Morgan fingerprint density at radius 1 is 1.16 bits per heavy atom. The average Bonchev–Trinajstić information content (AvgIpc) is 3.06. The molecule has 7 heteroatoms. The summed E-state index contributed by atoms with van der Waals surface area (Å²) in [5.74, 6) is 1.21. The van der Waals surface area contributed by atoms with Gasteiger partial charge in [0.15, 0.2) is 0 Å². The Hall–Kier alpha value is -2.44. The van der Waals surface area contributed by atoms with Crippen molar-refractivity contribution >= 4 is 11.6 Å². The van der Waals surface area contributed by atoms with Crippen LogP contribution >= 0.6 is 11.6 Å². The Balaban J connectivity index is 1.73. The van der Waals surface area contributed by atoms with Crippen molar-refractivity contribution in [3.8, 4) is 17.1 Å². The summed E-state index contributed by atoms with van der Waals surface area (Å²) in [6.45, 7) is 0.699. The van der Waals surface area contributed by atoms with E-state index in [4.69, 9.17) is 20.9 Å². The molecule has 0 unspecified atom stereocenters. The van der Waals surface area contributed by atoms with Crippen LogP contribution in [0.25, 0.3) is 11.4 Å². The van der Waals surface area contributed by atoms with Gasteiger partial charge < -0.3 is 9.26 Å². The van der Waals surface area contributed by atoms with Crippen molar-refractivity contribution in [1.29, 1.82) is 0 Å². The highest BCUT2D eigenvalue weighted by Crippen LogP contribution is 2.27. The molecule has 0 bridgehead atoms. The molecule has 0 spiro atoms. The Kier molecular flexibility index (Phi) is 5.31. The monoisotopic (exact) mass is 361 g/mol. The Bertz CT molecular complexity index is 849. The molecule has 25 heavy (non-hydrogen) atoms. The second kappa shape index (κ2) is 7.63. The fraction of sp³-hybridized carbons (Fsp3) is 0.222. The van der Waals surface area contributed by atoms with Crippen molar-refractivity contribution in [2.24, 2.45) is 0 Å². The van der Waals surface area contributed by atoms with Crippen LogP contribution in [0.1, 0.15) is 11.5 Å². The number of methoxy groups -OCH3 is 1. The van der Waals surface area contributed by atoms with Crippen LogP contribution in [0.3, 0.4) is 0 Å². The molecule has 1 aromatic heterocycles. The quantitative estimate of drug-likeness (QED) is 0.659. The molecule has 0 amide bonds. The molecule has 3 rings (SSSR count). The zero-order valence-electron chi connectivity index (χ0n) is 13.9. The van der Waals surface area contributed by atoms with Gasteiger partial charge in [-0.2, -0.15) is 4.98 Å². The Morgan fingerprint density at radius 3 is 2.72 bits per heavy atom. The van der Waals surface area contributed by atoms with Gasteiger partial charge in [0.05, 0.1) is 19.2 Å². The Labute approximate surface area is 150 Å². The SMILES string of the molecule is COc1ccccc1-c1noc(CN(C)Cc2c(F)cccc2Cl)n1. The van der Waals surface area contributed by atoms with E-state index >= 15 is 0 Å². The van der Waals surface area contributed by atoms with Gasteiger partial charge in [0.2, 0.25) is 11.7 Å². The van der Waals surface area contributed by atoms with E-state index in [-0.39, 0.29) is 5.82 Å². The number of ether oxygens (including phenoxy) is 1. The smallest absolute Gasteiger partial charge is 0.241 e. The van der Waals surface area contributed by atoms with Crippen molar-refractivity contribution in [1.82, 2.24) is 15.0 Å². The number of hydrogen-bond acceptors (Lipinski definition) is 5. The molecule has 0 fully saturated rings. The zero-order chi connectivity index (χ0) is 17.8. The molecule has 130 valence electrons. The van der Waals surface area contributed by atoms with Crippen molar-refractivity contribution < 1.29 is 13.7 Å². The lowest BCUT2D eigenvalue weighted by atomic mass is 10.2. The molecule has 0 atom stereocenters. The van der Waals surface area contributed by atoms with Crippen molar-refractivity contribution in [2.45, 2.75) is 13.1 Å². The van der Waals surface area contributed by atoms with Gasteiger partial charge in [-0.25, -0.2) is 4.39 Å². The van der Waals surface area contributed by atoms with Crippen molar-refractivity contribution in [3.05, 3.63) is 64.8 Å². The number of aromatic nitrogens is 2. The summed E-state index contributed by atoms with van der Waals surface area (Å²) in [6.07, 6.45) is 0. The molecule has 0 N–H and O–H groups in total. The molecule has 5 nitrogen and oxygen atoms in total. The van der Waals surface area contributed by atoms with E-state index in [1.54, 1.807) is 19.2 Å². The lowest BCUT2D eigenvalue weighted by molar-refractivity contribution is 0.258. The van der Waals surface area contributed by atoms with Gasteiger partial charge in [-0.15, -0.1) is 0 Å². The molecule has 2 aromatic carbocycles. The number of benzene rings is 2. The largest absolute Gasteiger partial charge is 0.496 e. The summed E-state index contributed by atoms with van der Waals surface area (Å²) in [5, 5.41) is 4.39. The minimum absolute atomic E-state index is 0.331. The van der Waals surface area contributed by atoms with Crippen LogP contribution in [0.2, 0.25) is 5.02 Å². The predicted octanol–water partition coefficient (Wildman–Crippen LogP) is 4.17. The van der Waals surface area contributed by atoms with Crippen LogP contribution in [0.15, 0.2) is 47.0 Å². The normalized spacial score (nSPS) is 11.1. The highest BCUT2D eigenvalue weighted by molar-refractivity contribution is 6.31. The maximum Gasteiger partial charge on any atom is 0.241 e. The summed E-state index contributed by atoms with van der Waals surface area (Å²) in [6, 6.07) is 12.1. The second-order valence-electron chi connectivity index (χ2n) is 5.58. The zero-order valence-corrected chi connectivity index (χ0v) is 14.6. The fourth-order valence-electron chi connectivity index (χ4n) is 2.50. The van der Waals surface area contributed by atoms with E-state index < -0.39 is 0 Å². The third-order valence-corrected chi connectivity index (χ3v) is 4.06. The highest BCUT2D eigenvalue weighted by Gasteiger charge is 2.15. The second-order valence-corrected chi connectivity index (χ2v) is 5.99. The molecule has 1 heterocycles. The minimum atomic E-state index is -0.334. The van der Waals surface area contributed by atoms with Gasteiger partial charge in [-0.05, 0) is 31.3 Å². The lowest BCUT2D eigenvalue weighted by Crippen LogP contribution is -2.18.